The van der Waals surface area contributed by atoms with Gasteiger partial charge in [-0.3, -0.25) is 4.79 Å². The molecule has 2 aromatic carbocycles. The summed E-state index contributed by atoms with van der Waals surface area (Å²) in [6.45, 7) is 1.98. The third kappa shape index (κ3) is 5.60. The van der Waals surface area contributed by atoms with E-state index in [1.165, 1.54) is 18.2 Å². The highest BCUT2D eigenvalue weighted by Crippen LogP contribution is 2.19. The van der Waals surface area contributed by atoms with Gasteiger partial charge >= 0.3 is 5.97 Å². The van der Waals surface area contributed by atoms with Crippen molar-refractivity contribution in [3.8, 4) is 5.75 Å². The molecule has 0 fully saturated rings. The third-order valence-electron chi connectivity index (χ3n) is 3.34. The topological polar surface area (TPSA) is 64.6 Å². The van der Waals surface area contributed by atoms with Gasteiger partial charge in [0.1, 0.15) is 17.1 Å². The van der Waals surface area contributed by atoms with Crippen molar-refractivity contribution >= 4 is 17.6 Å². The number of para-hydroxylation sites is 2. The molecule has 0 aromatic heterocycles. The Kier molecular flexibility index (Phi) is 6.95. The molecule has 0 aliphatic heterocycles. The normalized spacial score (nSPS) is 10.2. The largest absolute Gasteiger partial charge is 0.483 e. The van der Waals surface area contributed by atoms with E-state index in [2.05, 4.69) is 5.32 Å². The number of amides is 1. The van der Waals surface area contributed by atoms with E-state index in [1.54, 1.807) is 30.3 Å². The predicted molar refractivity (Wildman–Crippen MR) is 92.2 cm³/mol. The number of benzene rings is 2. The smallest absolute Gasteiger partial charge is 0.341 e. The summed E-state index contributed by atoms with van der Waals surface area (Å²) in [5.41, 5.74) is 0.320. The lowest BCUT2D eigenvalue weighted by Gasteiger charge is -2.11. The predicted octanol–water partition coefficient (Wildman–Crippen LogP) is 3.80. The highest BCUT2D eigenvalue weighted by atomic mass is 19.1. The minimum Gasteiger partial charge on any atom is -0.483 e. The number of unbranched alkanes of at least 4 members (excludes halogenated alkanes) is 1. The van der Waals surface area contributed by atoms with Crippen LogP contribution in [0.4, 0.5) is 10.1 Å². The van der Waals surface area contributed by atoms with Gasteiger partial charge in [0.15, 0.2) is 6.61 Å². The monoisotopic (exact) mass is 345 g/mol. The fraction of sp³-hybridized carbons (Fsp3) is 0.263. The number of ether oxygens (including phenoxy) is 2. The van der Waals surface area contributed by atoms with Gasteiger partial charge in [0.25, 0.3) is 5.91 Å². The Morgan fingerprint density at radius 2 is 1.80 bits per heavy atom. The average molecular weight is 345 g/mol. The van der Waals surface area contributed by atoms with Crippen LogP contribution in [0.15, 0.2) is 48.5 Å². The van der Waals surface area contributed by atoms with Crippen molar-refractivity contribution in [1.82, 2.24) is 0 Å². The summed E-state index contributed by atoms with van der Waals surface area (Å²) < 4.78 is 24.1. The first-order chi connectivity index (χ1) is 12.1. The van der Waals surface area contributed by atoms with Gasteiger partial charge in [0.05, 0.1) is 12.3 Å². The van der Waals surface area contributed by atoms with Crippen molar-refractivity contribution in [3.05, 3.63) is 59.9 Å². The fourth-order valence-electron chi connectivity index (χ4n) is 2.04. The molecule has 0 saturated carbocycles. The quantitative estimate of drug-likeness (QED) is 0.584. The summed E-state index contributed by atoms with van der Waals surface area (Å²) in [7, 11) is 0. The maximum absolute atomic E-state index is 13.5. The first-order valence-electron chi connectivity index (χ1n) is 8.05. The van der Waals surface area contributed by atoms with Crippen LogP contribution in [0.25, 0.3) is 0 Å². The van der Waals surface area contributed by atoms with E-state index >= 15 is 0 Å². The summed E-state index contributed by atoms with van der Waals surface area (Å²) in [4.78, 5) is 24.0. The zero-order valence-corrected chi connectivity index (χ0v) is 14.0. The zero-order valence-electron chi connectivity index (χ0n) is 14.0. The van der Waals surface area contributed by atoms with Gasteiger partial charge < -0.3 is 14.8 Å². The minimum absolute atomic E-state index is 0.0726. The van der Waals surface area contributed by atoms with E-state index in [0.29, 0.717) is 6.61 Å². The van der Waals surface area contributed by atoms with Crippen molar-refractivity contribution in [1.29, 1.82) is 0 Å². The van der Waals surface area contributed by atoms with E-state index in [0.717, 1.165) is 12.8 Å². The number of hydrogen-bond donors (Lipinski definition) is 1. The number of carbonyl (C=O) groups is 2. The van der Waals surface area contributed by atoms with E-state index in [-0.39, 0.29) is 23.6 Å². The molecule has 0 bridgehead atoms. The van der Waals surface area contributed by atoms with Crippen LogP contribution in [-0.4, -0.2) is 25.1 Å². The molecule has 0 atom stereocenters. The minimum atomic E-state index is -0.532. The van der Waals surface area contributed by atoms with Gasteiger partial charge in [-0.25, -0.2) is 9.18 Å². The zero-order chi connectivity index (χ0) is 18.1. The molecule has 0 radical (unpaired) electrons. The van der Waals surface area contributed by atoms with Crippen molar-refractivity contribution in [3.63, 3.8) is 0 Å². The Morgan fingerprint density at radius 1 is 1.08 bits per heavy atom. The number of nitrogens with one attached hydrogen (secondary N) is 1. The summed E-state index contributed by atoms with van der Waals surface area (Å²) in [5.74, 6) is -1.32. The van der Waals surface area contributed by atoms with Crippen LogP contribution in [0, 0.1) is 5.82 Å². The second kappa shape index (κ2) is 9.42. The number of hydrogen-bond acceptors (Lipinski definition) is 4. The average Bonchev–Trinajstić information content (AvgIpc) is 2.62. The lowest BCUT2D eigenvalue weighted by Crippen LogP contribution is -2.21. The molecule has 0 spiro atoms. The molecular weight excluding hydrogens is 325 g/mol. The lowest BCUT2D eigenvalue weighted by atomic mass is 10.2. The van der Waals surface area contributed by atoms with Gasteiger partial charge in [-0.15, -0.1) is 0 Å². The van der Waals surface area contributed by atoms with Gasteiger partial charge in [-0.05, 0) is 30.7 Å². The van der Waals surface area contributed by atoms with E-state index in [1.807, 2.05) is 6.92 Å². The summed E-state index contributed by atoms with van der Waals surface area (Å²) in [6.07, 6.45) is 1.70. The molecular formula is C19H20FNO4. The van der Waals surface area contributed by atoms with Crippen molar-refractivity contribution < 1.29 is 23.5 Å². The second-order valence-electron chi connectivity index (χ2n) is 5.30. The molecule has 0 aliphatic carbocycles. The number of carbonyl (C=O) groups excluding carboxylic acids is 2. The van der Waals surface area contributed by atoms with Crippen molar-refractivity contribution in [2.45, 2.75) is 19.8 Å². The van der Waals surface area contributed by atoms with Gasteiger partial charge in [-0.1, -0.05) is 37.6 Å². The maximum Gasteiger partial charge on any atom is 0.341 e. The Balaban J connectivity index is 1.95. The molecule has 0 aliphatic rings. The first kappa shape index (κ1) is 18.4. The SMILES string of the molecule is CCCCOC(=O)c1ccccc1OCC(=O)Nc1ccccc1F. The molecule has 25 heavy (non-hydrogen) atoms. The molecule has 5 nitrogen and oxygen atoms in total. The van der Waals surface area contributed by atoms with Gasteiger partial charge in [0.2, 0.25) is 0 Å². The first-order valence-corrected chi connectivity index (χ1v) is 8.05. The van der Waals surface area contributed by atoms with Crippen molar-refractivity contribution in [2.75, 3.05) is 18.5 Å². The second-order valence-corrected chi connectivity index (χ2v) is 5.30. The molecule has 2 aromatic rings. The number of halogens is 1. The Morgan fingerprint density at radius 3 is 2.56 bits per heavy atom. The third-order valence-corrected chi connectivity index (χ3v) is 3.34. The number of esters is 1. The molecule has 1 amide bonds. The van der Waals surface area contributed by atoms with Gasteiger partial charge in [-0.2, -0.15) is 0 Å². The Hall–Kier alpha value is -2.89. The van der Waals surface area contributed by atoms with E-state index in [9.17, 15) is 14.0 Å². The van der Waals surface area contributed by atoms with Crippen LogP contribution >= 0.6 is 0 Å². The van der Waals surface area contributed by atoms with Crippen molar-refractivity contribution in [2.24, 2.45) is 0 Å². The molecule has 2 rings (SSSR count). The van der Waals surface area contributed by atoms with Crippen LogP contribution in [0.5, 0.6) is 5.75 Å². The highest BCUT2D eigenvalue weighted by molar-refractivity contribution is 5.94. The Bertz CT molecular complexity index is 733. The molecule has 1 N–H and O–H groups in total. The molecule has 6 heteroatoms. The standard InChI is InChI=1S/C19H20FNO4/c1-2-3-12-24-19(23)14-8-4-7-11-17(14)25-13-18(22)21-16-10-6-5-9-15(16)20/h4-11H,2-3,12-13H2,1H3,(H,21,22). The molecule has 0 unspecified atom stereocenters. The highest BCUT2D eigenvalue weighted by Gasteiger charge is 2.15. The summed E-state index contributed by atoms with van der Waals surface area (Å²) in [5, 5.41) is 2.42. The van der Waals surface area contributed by atoms with E-state index < -0.39 is 17.7 Å². The number of rotatable bonds is 8. The molecule has 132 valence electrons. The number of anilines is 1. The maximum atomic E-state index is 13.5. The van der Waals surface area contributed by atoms with Gasteiger partial charge in [0, 0.05) is 0 Å². The Labute approximate surface area is 145 Å². The van der Waals surface area contributed by atoms with E-state index in [4.69, 9.17) is 9.47 Å². The van der Waals surface area contributed by atoms with Crippen LogP contribution in [0.1, 0.15) is 30.1 Å². The van der Waals surface area contributed by atoms with Crippen LogP contribution in [-0.2, 0) is 9.53 Å². The van der Waals surface area contributed by atoms with Crippen LogP contribution < -0.4 is 10.1 Å². The summed E-state index contributed by atoms with van der Waals surface area (Å²) >= 11 is 0. The molecule has 0 saturated heterocycles. The fourth-order valence-corrected chi connectivity index (χ4v) is 2.04. The van der Waals surface area contributed by atoms with Crippen LogP contribution in [0.3, 0.4) is 0 Å². The lowest BCUT2D eigenvalue weighted by molar-refractivity contribution is -0.118. The summed E-state index contributed by atoms with van der Waals surface area (Å²) in [6, 6.07) is 12.4. The molecule has 0 heterocycles. The van der Waals surface area contributed by atoms with Crippen LogP contribution in [0.2, 0.25) is 0 Å².